The maximum absolute atomic E-state index is 12.8. The molecule has 2 aromatic carbocycles. The van der Waals surface area contributed by atoms with Crippen molar-refractivity contribution in [3.63, 3.8) is 0 Å². The second kappa shape index (κ2) is 19.4. The molecule has 0 fully saturated rings. The summed E-state index contributed by atoms with van der Waals surface area (Å²) in [7, 11) is 0. The molecular formula is C40H38F6N4O7. The highest BCUT2D eigenvalue weighted by Crippen LogP contribution is 2.33. The molecule has 0 radical (unpaired) electrons. The standard InChI is InChI=1S/C16H9F3N2O2.C14H18N2O4.C9H7F3O.CH4/c17-16(18,19)10-3-1-2-9(6-10)14-7-11(15(22)23)12-8-20-5-4-13(12)21-14;1-5-20-12(18)11(17)9-8-15-7-6-10(9)16-13(19)14(2,3)4;1-6(13)7-3-2-4-8(5-7)9(10,11)12;/h1-8H,(H,22,23);6-8H,5H2,1-4H3,(H,15,16,19);2-5H,1H3;1H4. The number of carbonyl (C=O) groups excluding carboxylic acids is 4. The minimum atomic E-state index is -4.48. The van der Waals surface area contributed by atoms with E-state index in [-0.39, 0.29) is 59.4 Å². The summed E-state index contributed by atoms with van der Waals surface area (Å²) in [6.45, 7) is 8.18. The Morgan fingerprint density at radius 1 is 0.772 bits per heavy atom. The number of nitrogens with one attached hydrogen (secondary N) is 1. The molecule has 0 aliphatic carbocycles. The summed E-state index contributed by atoms with van der Waals surface area (Å²) in [5, 5.41) is 12.3. The van der Waals surface area contributed by atoms with Crippen molar-refractivity contribution in [2.45, 2.75) is 54.4 Å². The zero-order valence-electron chi connectivity index (χ0n) is 30.4. The van der Waals surface area contributed by atoms with Gasteiger partial charge in [-0.1, -0.05) is 52.5 Å². The van der Waals surface area contributed by atoms with Crippen molar-refractivity contribution in [1.29, 1.82) is 0 Å². The van der Waals surface area contributed by atoms with Crippen molar-refractivity contribution in [3.8, 4) is 11.3 Å². The molecule has 0 aliphatic heterocycles. The predicted molar refractivity (Wildman–Crippen MR) is 198 cm³/mol. The Hall–Kier alpha value is -6.52. The quantitative estimate of drug-likeness (QED) is 0.0701. The van der Waals surface area contributed by atoms with E-state index >= 15 is 0 Å². The molecule has 1 amide bonds. The lowest BCUT2D eigenvalue weighted by Crippen LogP contribution is -2.29. The number of anilines is 1. The number of carbonyl (C=O) groups is 5. The summed E-state index contributed by atoms with van der Waals surface area (Å²) in [6.07, 6.45) is -3.39. The molecule has 302 valence electrons. The van der Waals surface area contributed by atoms with Gasteiger partial charge in [-0.2, -0.15) is 26.3 Å². The third kappa shape index (κ3) is 13.0. The van der Waals surface area contributed by atoms with E-state index in [1.165, 1.54) is 74.2 Å². The van der Waals surface area contributed by atoms with Gasteiger partial charge in [0.1, 0.15) is 0 Å². The van der Waals surface area contributed by atoms with Crippen LogP contribution in [0.4, 0.5) is 32.0 Å². The Bertz CT molecular complexity index is 2250. The second-order valence-corrected chi connectivity index (χ2v) is 12.6. The van der Waals surface area contributed by atoms with E-state index in [2.05, 4.69) is 25.0 Å². The molecule has 0 unspecified atom stereocenters. The van der Waals surface area contributed by atoms with Crippen LogP contribution >= 0.6 is 0 Å². The largest absolute Gasteiger partial charge is 0.478 e. The van der Waals surface area contributed by atoms with Gasteiger partial charge in [-0.25, -0.2) is 14.6 Å². The molecule has 0 saturated heterocycles. The number of nitrogens with zero attached hydrogens (tertiary/aromatic N) is 3. The van der Waals surface area contributed by atoms with E-state index in [4.69, 9.17) is 0 Å². The van der Waals surface area contributed by atoms with Crippen LogP contribution in [0, 0.1) is 5.41 Å². The number of halogens is 6. The lowest BCUT2D eigenvalue weighted by Gasteiger charge is -2.18. The van der Waals surface area contributed by atoms with Crippen LogP contribution in [0.25, 0.3) is 22.2 Å². The number of Topliss-reactive ketones (excluding diaryl/α,β-unsaturated/α-hetero) is 2. The van der Waals surface area contributed by atoms with Gasteiger partial charge in [-0.05, 0) is 56.3 Å². The molecule has 0 aliphatic rings. The van der Waals surface area contributed by atoms with Gasteiger partial charge in [-0.3, -0.25) is 24.4 Å². The van der Waals surface area contributed by atoms with Crippen molar-refractivity contribution in [2.24, 2.45) is 5.41 Å². The van der Waals surface area contributed by atoms with E-state index in [0.29, 0.717) is 10.9 Å². The fourth-order valence-electron chi connectivity index (χ4n) is 4.46. The number of hydrogen-bond acceptors (Lipinski definition) is 9. The molecule has 0 bridgehead atoms. The number of amides is 1. The van der Waals surface area contributed by atoms with Crippen molar-refractivity contribution < 1.29 is 60.2 Å². The smallest absolute Gasteiger partial charge is 0.416 e. The van der Waals surface area contributed by atoms with Gasteiger partial charge in [0.05, 0.1) is 45.8 Å². The van der Waals surface area contributed by atoms with Crippen LogP contribution < -0.4 is 5.32 Å². The van der Waals surface area contributed by atoms with Gasteiger partial charge in [0, 0.05) is 46.7 Å². The van der Waals surface area contributed by atoms with Crippen molar-refractivity contribution in [2.75, 3.05) is 11.9 Å². The van der Waals surface area contributed by atoms with Crippen LogP contribution in [-0.2, 0) is 26.7 Å². The minimum absolute atomic E-state index is 0. The number of ketones is 2. The number of aromatic nitrogens is 3. The lowest BCUT2D eigenvalue weighted by atomic mass is 9.95. The number of esters is 1. The molecule has 3 heterocycles. The topological polar surface area (TPSA) is 166 Å². The van der Waals surface area contributed by atoms with Crippen LogP contribution in [0.2, 0.25) is 0 Å². The molecule has 2 N–H and O–H groups in total. The lowest BCUT2D eigenvalue weighted by molar-refractivity contribution is -0.138. The fraction of sp³-hybridized carbons (Fsp3) is 0.250. The number of pyridine rings is 3. The van der Waals surface area contributed by atoms with Gasteiger partial charge in [0.25, 0.3) is 5.78 Å². The summed E-state index contributed by atoms with van der Waals surface area (Å²) in [5.74, 6) is -3.62. The summed E-state index contributed by atoms with van der Waals surface area (Å²) < 4.78 is 79.5. The van der Waals surface area contributed by atoms with Gasteiger partial charge in [-0.15, -0.1) is 0 Å². The minimum Gasteiger partial charge on any atom is -0.478 e. The molecule has 3 aromatic heterocycles. The summed E-state index contributed by atoms with van der Waals surface area (Å²) in [4.78, 5) is 69.4. The monoisotopic (exact) mass is 800 g/mol. The van der Waals surface area contributed by atoms with E-state index < -0.39 is 46.6 Å². The third-order valence-corrected chi connectivity index (χ3v) is 7.38. The molecule has 0 spiro atoms. The average molecular weight is 801 g/mol. The number of hydrogen-bond donors (Lipinski definition) is 2. The average Bonchev–Trinajstić information content (AvgIpc) is 3.14. The second-order valence-electron chi connectivity index (χ2n) is 12.6. The Morgan fingerprint density at radius 2 is 1.35 bits per heavy atom. The molecule has 5 aromatic rings. The first-order chi connectivity index (χ1) is 26.0. The first kappa shape index (κ1) is 46.6. The third-order valence-electron chi connectivity index (χ3n) is 7.38. The normalized spacial score (nSPS) is 11.1. The fourth-order valence-corrected chi connectivity index (χ4v) is 4.46. The summed E-state index contributed by atoms with van der Waals surface area (Å²) in [5.41, 5.74) is -1.23. The Balaban J connectivity index is 0.000000304. The van der Waals surface area contributed by atoms with Crippen LogP contribution in [-0.4, -0.2) is 56.1 Å². The highest BCUT2D eigenvalue weighted by Gasteiger charge is 2.32. The number of fused-ring (bicyclic) bond motifs is 1. The molecule has 5 rings (SSSR count). The summed E-state index contributed by atoms with van der Waals surface area (Å²) in [6, 6.07) is 13.2. The highest BCUT2D eigenvalue weighted by molar-refractivity contribution is 6.42. The highest BCUT2D eigenvalue weighted by atomic mass is 19.4. The van der Waals surface area contributed by atoms with Crippen molar-refractivity contribution in [1.82, 2.24) is 15.0 Å². The predicted octanol–water partition coefficient (Wildman–Crippen LogP) is 9.37. The van der Waals surface area contributed by atoms with Crippen LogP contribution in [0.1, 0.15) is 84.2 Å². The van der Waals surface area contributed by atoms with Crippen LogP contribution in [0.15, 0.2) is 91.5 Å². The zero-order valence-corrected chi connectivity index (χ0v) is 30.4. The zero-order chi connectivity index (χ0) is 42.0. The molecule has 0 saturated carbocycles. The Labute approximate surface area is 323 Å². The maximum Gasteiger partial charge on any atom is 0.416 e. The van der Waals surface area contributed by atoms with E-state index in [9.17, 15) is 55.4 Å². The van der Waals surface area contributed by atoms with Gasteiger partial charge >= 0.3 is 24.3 Å². The number of carboxylic acids is 1. The SMILES string of the molecule is C.CC(=O)c1cccc(C(F)(F)F)c1.CCOC(=O)C(=O)c1cnccc1NC(=O)C(C)(C)C.O=C(O)c1cc(-c2cccc(C(F)(F)F)c2)nc2ccncc12. The van der Waals surface area contributed by atoms with Gasteiger partial charge in [0.15, 0.2) is 5.78 Å². The molecular weight excluding hydrogens is 762 g/mol. The molecule has 11 nitrogen and oxygen atoms in total. The number of ether oxygens (including phenoxy) is 1. The number of alkyl halides is 6. The molecule has 57 heavy (non-hydrogen) atoms. The van der Waals surface area contributed by atoms with E-state index in [1.807, 2.05) is 0 Å². The van der Waals surface area contributed by atoms with Gasteiger partial charge in [0.2, 0.25) is 5.91 Å². The Morgan fingerprint density at radius 3 is 1.91 bits per heavy atom. The van der Waals surface area contributed by atoms with E-state index in [1.54, 1.807) is 27.7 Å². The number of aromatic carboxylic acids is 1. The van der Waals surface area contributed by atoms with Crippen LogP contribution in [0.5, 0.6) is 0 Å². The molecule has 0 atom stereocenters. The van der Waals surface area contributed by atoms with Crippen molar-refractivity contribution in [3.05, 3.63) is 119 Å². The van der Waals surface area contributed by atoms with E-state index in [0.717, 1.165) is 24.3 Å². The van der Waals surface area contributed by atoms with Crippen molar-refractivity contribution >= 4 is 46.0 Å². The Kier molecular flexibility index (Phi) is 15.8. The number of benzene rings is 2. The first-order valence-corrected chi connectivity index (χ1v) is 16.3. The van der Waals surface area contributed by atoms with Gasteiger partial charge < -0.3 is 15.2 Å². The summed E-state index contributed by atoms with van der Waals surface area (Å²) >= 11 is 0. The number of rotatable bonds is 7. The first-order valence-electron chi connectivity index (χ1n) is 16.3. The van der Waals surface area contributed by atoms with Crippen LogP contribution in [0.3, 0.4) is 0 Å². The maximum atomic E-state index is 12.8. The molecule has 17 heteroatoms. The number of carboxylic acid groups (broad SMARTS) is 1.